The molecule has 1 rings (SSSR count). The van der Waals surface area contributed by atoms with Crippen molar-refractivity contribution in [1.29, 1.82) is 0 Å². The van der Waals surface area contributed by atoms with E-state index in [-0.39, 0.29) is 10.9 Å². The number of hydrogen-bond donors (Lipinski definition) is 3. The molecule has 1 aromatic rings. The number of carbonyl (C=O) groups excluding carboxylic acids is 2. The van der Waals surface area contributed by atoms with Crippen LogP contribution in [0.2, 0.25) is 0 Å². The quantitative estimate of drug-likeness (QED) is 0.541. The summed E-state index contributed by atoms with van der Waals surface area (Å²) < 4.78 is 45.4. The summed E-state index contributed by atoms with van der Waals surface area (Å²) in [6.45, 7) is 10.5. The lowest BCUT2D eigenvalue weighted by atomic mass is 10.0. The van der Waals surface area contributed by atoms with Crippen molar-refractivity contribution in [2.75, 3.05) is 6.54 Å². The van der Waals surface area contributed by atoms with Crippen LogP contribution in [-0.4, -0.2) is 44.6 Å². The van der Waals surface area contributed by atoms with Crippen molar-refractivity contribution in [3.63, 3.8) is 0 Å². The number of benzene rings is 1. The van der Waals surface area contributed by atoms with Crippen LogP contribution in [0.3, 0.4) is 0 Å². The van der Waals surface area contributed by atoms with Crippen LogP contribution >= 0.6 is 0 Å². The Balaban J connectivity index is 2.91. The first-order valence-corrected chi connectivity index (χ1v) is 11.2. The fourth-order valence-electron chi connectivity index (χ4n) is 2.66. The summed E-state index contributed by atoms with van der Waals surface area (Å²) in [5.74, 6) is -0.776. The van der Waals surface area contributed by atoms with Crippen LogP contribution in [0.5, 0.6) is 0 Å². The highest BCUT2D eigenvalue weighted by atomic mass is 32.2. The van der Waals surface area contributed by atoms with E-state index in [1.165, 1.54) is 0 Å². The first-order valence-electron chi connectivity index (χ1n) is 9.74. The molecule has 0 aliphatic heterocycles. The summed E-state index contributed by atoms with van der Waals surface area (Å²) in [6, 6.07) is 2.88. The second-order valence-corrected chi connectivity index (χ2v) is 10.3. The highest BCUT2D eigenvalue weighted by Gasteiger charge is 2.27. The standard InChI is InChI=1S/C20H32FN3O5S/c1-13(2)11-14(3)23-18(25)17(24-19(26)29-20(4,5)6)12-22-30(27,28)16-9-7-15(21)8-10-16/h7-10,13-14,17,22H,11-12H2,1-6H3,(H,23,25)(H,24,26)/t14-,17+/m1/s1. The fraction of sp³-hybridized carbons (Fsp3) is 0.600. The van der Waals surface area contributed by atoms with Crippen LogP contribution in [0.25, 0.3) is 0 Å². The van der Waals surface area contributed by atoms with Gasteiger partial charge in [-0.15, -0.1) is 0 Å². The van der Waals surface area contributed by atoms with Crippen LogP contribution in [0.1, 0.15) is 48.0 Å². The van der Waals surface area contributed by atoms with Crippen molar-refractivity contribution in [2.45, 2.75) is 70.5 Å². The summed E-state index contributed by atoms with van der Waals surface area (Å²) in [7, 11) is -4.01. The van der Waals surface area contributed by atoms with Crippen molar-refractivity contribution in [2.24, 2.45) is 5.92 Å². The van der Waals surface area contributed by atoms with Gasteiger partial charge >= 0.3 is 6.09 Å². The predicted molar refractivity (Wildman–Crippen MR) is 112 cm³/mol. The number of alkyl carbamates (subject to hydrolysis) is 1. The molecule has 0 aliphatic rings. The molecule has 0 radical (unpaired) electrons. The number of halogens is 1. The maximum absolute atomic E-state index is 13.1. The zero-order chi connectivity index (χ0) is 23.1. The molecule has 1 aromatic carbocycles. The Morgan fingerprint density at radius 3 is 2.13 bits per heavy atom. The number of carbonyl (C=O) groups is 2. The molecule has 0 fully saturated rings. The van der Waals surface area contributed by atoms with Gasteiger partial charge in [-0.3, -0.25) is 4.79 Å². The SMILES string of the molecule is CC(C)C[C@@H](C)NC(=O)[C@H](CNS(=O)(=O)c1ccc(F)cc1)NC(=O)OC(C)(C)C. The largest absolute Gasteiger partial charge is 0.444 e. The van der Waals surface area contributed by atoms with E-state index in [2.05, 4.69) is 15.4 Å². The third-order valence-corrected chi connectivity index (χ3v) is 5.26. The van der Waals surface area contributed by atoms with Crippen LogP contribution in [0, 0.1) is 11.7 Å². The Hall–Kier alpha value is -2.20. The molecule has 0 unspecified atom stereocenters. The molecular formula is C20H32FN3O5S. The van der Waals surface area contributed by atoms with Crippen molar-refractivity contribution >= 4 is 22.0 Å². The van der Waals surface area contributed by atoms with Gasteiger partial charge in [-0.25, -0.2) is 22.3 Å². The molecule has 0 saturated heterocycles. The zero-order valence-corrected chi connectivity index (χ0v) is 19.1. The van der Waals surface area contributed by atoms with Gasteiger partial charge in [0.2, 0.25) is 15.9 Å². The first-order chi connectivity index (χ1) is 13.7. The molecule has 0 aliphatic carbocycles. The van der Waals surface area contributed by atoms with Gasteiger partial charge in [-0.05, 0) is 64.3 Å². The number of nitrogens with one attached hydrogen (secondary N) is 3. The number of sulfonamides is 1. The number of amides is 2. The van der Waals surface area contributed by atoms with Crippen molar-refractivity contribution in [3.05, 3.63) is 30.1 Å². The van der Waals surface area contributed by atoms with E-state index in [0.29, 0.717) is 12.3 Å². The first kappa shape index (κ1) is 25.8. The van der Waals surface area contributed by atoms with Gasteiger partial charge in [-0.1, -0.05) is 13.8 Å². The average molecular weight is 446 g/mol. The lowest BCUT2D eigenvalue weighted by Crippen LogP contribution is -2.54. The van der Waals surface area contributed by atoms with E-state index in [1.807, 2.05) is 20.8 Å². The lowest BCUT2D eigenvalue weighted by Gasteiger charge is -2.25. The number of hydrogen-bond acceptors (Lipinski definition) is 5. The van der Waals surface area contributed by atoms with E-state index in [1.54, 1.807) is 20.8 Å². The summed E-state index contributed by atoms with van der Waals surface area (Å²) in [5.41, 5.74) is -0.788. The molecule has 0 bridgehead atoms. The molecular weight excluding hydrogens is 413 g/mol. The highest BCUT2D eigenvalue weighted by molar-refractivity contribution is 7.89. The Morgan fingerprint density at radius 2 is 1.63 bits per heavy atom. The number of ether oxygens (including phenoxy) is 1. The minimum absolute atomic E-state index is 0.159. The molecule has 0 spiro atoms. The Kier molecular flexibility index (Phi) is 9.23. The van der Waals surface area contributed by atoms with Crippen LogP contribution < -0.4 is 15.4 Å². The molecule has 3 N–H and O–H groups in total. The molecule has 8 nitrogen and oxygen atoms in total. The Labute approximate surface area is 178 Å². The molecule has 2 amide bonds. The van der Waals surface area contributed by atoms with Gasteiger partial charge in [0.1, 0.15) is 17.5 Å². The molecule has 0 saturated carbocycles. The van der Waals surface area contributed by atoms with Crippen LogP contribution in [0.4, 0.5) is 9.18 Å². The molecule has 10 heteroatoms. The summed E-state index contributed by atoms with van der Waals surface area (Å²) >= 11 is 0. The minimum atomic E-state index is -4.01. The lowest BCUT2D eigenvalue weighted by molar-refractivity contribution is -0.123. The van der Waals surface area contributed by atoms with Gasteiger partial charge in [0.15, 0.2) is 0 Å². The topological polar surface area (TPSA) is 114 Å². The third-order valence-electron chi connectivity index (χ3n) is 3.82. The van der Waals surface area contributed by atoms with Gasteiger partial charge in [-0.2, -0.15) is 0 Å². The van der Waals surface area contributed by atoms with E-state index < -0.39 is 46.0 Å². The van der Waals surface area contributed by atoms with Gasteiger partial charge in [0.05, 0.1) is 4.90 Å². The Bertz CT molecular complexity index is 820. The highest BCUT2D eigenvalue weighted by Crippen LogP contribution is 2.10. The summed E-state index contributed by atoms with van der Waals surface area (Å²) in [5, 5.41) is 5.17. The van der Waals surface area contributed by atoms with Crippen LogP contribution in [-0.2, 0) is 19.6 Å². The van der Waals surface area contributed by atoms with Crippen LogP contribution in [0.15, 0.2) is 29.2 Å². The Morgan fingerprint density at radius 1 is 1.07 bits per heavy atom. The minimum Gasteiger partial charge on any atom is -0.444 e. The third kappa shape index (κ3) is 9.53. The van der Waals surface area contributed by atoms with E-state index in [9.17, 15) is 22.4 Å². The van der Waals surface area contributed by atoms with Crippen molar-refractivity contribution < 1.29 is 27.1 Å². The zero-order valence-electron chi connectivity index (χ0n) is 18.3. The molecule has 0 heterocycles. The molecule has 2 atom stereocenters. The monoisotopic (exact) mass is 445 g/mol. The summed E-state index contributed by atoms with van der Waals surface area (Å²) in [4.78, 5) is 24.6. The molecule has 0 aromatic heterocycles. The number of rotatable bonds is 9. The second-order valence-electron chi connectivity index (χ2n) is 8.54. The summed E-state index contributed by atoms with van der Waals surface area (Å²) in [6.07, 6.45) is -0.133. The predicted octanol–water partition coefficient (Wildman–Crippen LogP) is 2.55. The maximum atomic E-state index is 13.1. The van der Waals surface area contributed by atoms with E-state index >= 15 is 0 Å². The average Bonchev–Trinajstić information content (AvgIpc) is 2.56. The second kappa shape index (κ2) is 10.7. The van der Waals surface area contributed by atoms with Gasteiger partial charge in [0, 0.05) is 12.6 Å². The maximum Gasteiger partial charge on any atom is 0.408 e. The van der Waals surface area contributed by atoms with Gasteiger partial charge < -0.3 is 15.4 Å². The fourth-order valence-corrected chi connectivity index (χ4v) is 3.71. The molecule has 30 heavy (non-hydrogen) atoms. The van der Waals surface area contributed by atoms with E-state index in [0.717, 1.165) is 24.3 Å². The van der Waals surface area contributed by atoms with Crippen molar-refractivity contribution in [1.82, 2.24) is 15.4 Å². The van der Waals surface area contributed by atoms with Crippen molar-refractivity contribution in [3.8, 4) is 0 Å². The normalized spacial score (nSPS) is 14.1. The van der Waals surface area contributed by atoms with Gasteiger partial charge in [0.25, 0.3) is 0 Å². The smallest absolute Gasteiger partial charge is 0.408 e. The van der Waals surface area contributed by atoms with E-state index in [4.69, 9.17) is 4.74 Å². The molecule has 170 valence electrons.